The Balaban J connectivity index is 0. The first-order valence-corrected chi connectivity index (χ1v) is 1.51. The van der Waals surface area contributed by atoms with Gasteiger partial charge in [-0.1, -0.05) is 6.58 Å². The van der Waals surface area contributed by atoms with E-state index in [4.69, 9.17) is 0 Å². The Kier molecular flexibility index (Phi) is 10.5. The molecule has 0 N–H and O–H groups in total. The summed E-state index contributed by atoms with van der Waals surface area (Å²) in [6.45, 7) is 3.16. The zero-order valence-corrected chi connectivity index (χ0v) is 7.72. The van der Waals surface area contributed by atoms with Crippen LogP contribution in [0.4, 0.5) is 0 Å². The molecule has 0 heterocycles. The van der Waals surface area contributed by atoms with Crippen molar-refractivity contribution in [3.05, 3.63) is 12.7 Å². The first-order chi connectivity index (χ1) is 2.81. The molecule has 0 rings (SSSR count). The smallest absolute Gasteiger partial charge is 0.329 e. The van der Waals surface area contributed by atoms with Crippen molar-refractivity contribution < 1.29 is 9.53 Å². The molecular formula is C4H6KO2. The zero-order valence-electron chi connectivity index (χ0n) is 4.60. The summed E-state index contributed by atoms with van der Waals surface area (Å²) in [6.07, 6.45) is 1.11. The van der Waals surface area contributed by atoms with Gasteiger partial charge < -0.3 is 4.74 Å². The molecule has 0 bridgehead atoms. The van der Waals surface area contributed by atoms with Crippen LogP contribution in [0.25, 0.3) is 0 Å². The first kappa shape index (κ1) is 10.8. The van der Waals surface area contributed by atoms with Crippen LogP contribution < -0.4 is 0 Å². The van der Waals surface area contributed by atoms with E-state index >= 15 is 0 Å². The van der Waals surface area contributed by atoms with Crippen LogP contribution in [0.5, 0.6) is 0 Å². The summed E-state index contributed by atoms with van der Waals surface area (Å²) in [4.78, 5) is 9.84. The van der Waals surface area contributed by atoms with E-state index in [1.54, 1.807) is 0 Å². The Labute approximate surface area is 85.3 Å². The molecule has 0 unspecified atom stereocenters. The van der Waals surface area contributed by atoms with E-state index in [0.29, 0.717) is 0 Å². The molecule has 3 heteroatoms. The van der Waals surface area contributed by atoms with Crippen LogP contribution >= 0.6 is 0 Å². The molecule has 0 aromatic heterocycles. The van der Waals surface area contributed by atoms with Gasteiger partial charge in [-0.05, 0) is 0 Å². The molecule has 0 aromatic rings. The third-order valence-electron chi connectivity index (χ3n) is 0.368. The summed E-state index contributed by atoms with van der Waals surface area (Å²) in [5.41, 5.74) is 0. The van der Waals surface area contributed by atoms with Crippen molar-refractivity contribution in [3.8, 4) is 0 Å². The van der Waals surface area contributed by atoms with Crippen molar-refractivity contribution in [2.75, 3.05) is 7.11 Å². The molecule has 0 fully saturated rings. The number of carbonyl (C=O) groups excluding carboxylic acids is 1. The predicted octanol–water partition coefficient (Wildman–Crippen LogP) is -0.0354. The van der Waals surface area contributed by atoms with Gasteiger partial charge in [0.2, 0.25) is 0 Å². The van der Waals surface area contributed by atoms with Crippen LogP contribution in [0.1, 0.15) is 0 Å². The summed E-state index contributed by atoms with van der Waals surface area (Å²) < 4.78 is 4.14. The van der Waals surface area contributed by atoms with E-state index in [1.165, 1.54) is 7.11 Å². The Morgan fingerprint density at radius 2 is 2.29 bits per heavy atom. The van der Waals surface area contributed by atoms with Gasteiger partial charge in [-0.15, -0.1) is 0 Å². The number of methoxy groups -OCH3 is 1. The average Bonchev–Trinajstić information content (AvgIpc) is 1.65. The molecule has 0 spiro atoms. The van der Waals surface area contributed by atoms with Gasteiger partial charge in [0, 0.05) is 57.5 Å². The maximum absolute atomic E-state index is 9.84. The number of hydrogen-bond donors (Lipinski definition) is 0. The van der Waals surface area contributed by atoms with Crippen LogP contribution in [0.3, 0.4) is 0 Å². The van der Waals surface area contributed by atoms with E-state index in [-0.39, 0.29) is 51.4 Å². The molecule has 0 atom stereocenters. The minimum absolute atomic E-state index is 0. The summed E-state index contributed by atoms with van der Waals surface area (Å²) in [5, 5.41) is 0. The second-order valence-electron chi connectivity index (χ2n) is 0.727. The van der Waals surface area contributed by atoms with Crippen molar-refractivity contribution in [1.29, 1.82) is 0 Å². The maximum atomic E-state index is 9.84. The Bertz CT molecular complexity index is 70.1. The predicted molar refractivity (Wildman–Crippen MR) is 28.0 cm³/mol. The fourth-order valence-corrected chi connectivity index (χ4v) is 0.0833. The topological polar surface area (TPSA) is 26.3 Å². The fourth-order valence-electron chi connectivity index (χ4n) is 0.0833. The normalized spacial score (nSPS) is 5.86. The molecule has 0 aromatic carbocycles. The largest absolute Gasteiger partial charge is 0.466 e. The van der Waals surface area contributed by atoms with Gasteiger partial charge in [-0.3, -0.25) is 0 Å². The molecule has 0 amide bonds. The monoisotopic (exact) mass is 125 g/mol. The molecule has 1 radical (unpaired) electrons. The van der Waals surface area contributed by atoms with Gasteiger partial charge in [-0.25, -0.2) is 4.79 Å². The van der Waals surface area contributed by atoms with Gasteiger partial charge >= 0.3 is 5.97 Å². The van der Waals surface area contributed by atoms with Gasteiger partial charge in [0.15, 0.2) is 0 Å². The quantitative estimate of drug-likeness (QED) is 0.279. The first-order valence-electron chi connectivity index (χ1n) is 1.51. The van der Waals surface area contributed by atoms with E-state index < -0.39 is 5.97 Å². The summed E-state index contributed by atoms with van der Waals surface area (Å²) in [5.74, 6) is -0.394. The summed E-state index contributed by atoms with van der Waals surface area (Å²) in [7, 11) is 1.31. The van der Waals surface area contributed by atoms with Crippen LogP contribution in [-0.4, -0.2) is 64.5 Å². The SMILES string of the molecule is C=CC(=O)OC.[K]. The number of hydrogen-bond acceptors (Lipinski definition) is 2. The second-order valence-corrected chi connectivity index (χ2v) is 0.727. The Morgan fingerprint density at radius 1 is 1.86 bits per heavy atom. The molecule has 35 valence electrons. The van der Waals surface area contributed by atoms with Gasteiger partial charge in [0.05, 0.1) is 7.11 Å². The number of ether oxygens (including phenoxy) is 1. The van der Waals surface area contributed by atoms with Gasteiger partial charge in [0.1, 0.15) is 0 Å². The second kappa shape index (κ2) is 6.85. The minimum Gasteiger partial charge on any atom is -0.466 e. The maximum Gasteiger partial charge on any atom is 0.329 e. The van der Waals surface area contributed by atoms with Crippen molar-refractivity contribution in [2.24, 2.45) is 0 Å². The third-order valence-corrected chi connectivity index (χ3v) is 0.368. The molecule has 0 aliphatic rings. The molecule has 0 saturated carbocycles. The van der Waals surface area contributed by atoms with E-state index in [1.807, 2.05) is 0 Å². The molecular weight excluding hydrogens is 119 g/mol. The number of carbonyl (C=O) groups is 1. The molecule has 0 aliphatic carbocycles. The van der Waals surface area contributed by atoms with Crippen LogP contribution in [0.15, 0.2) is 12.7 Å². The van der Waals surface area contributed by atoms with E-state index in [9.17, 15) is 4.79 Å². The van der Waals surface area contributed by atoms with Gasteiger partial charge in [0.25, 0.3) is 0 Å². The third kappa shape index (κ3) is 6.85. The molecule has 0 aliphatic heterocycles. The Morgan fingerprint density at radius 3 is 2.29 bits per heavy atom. The zero-order chi connectivity index (χ0) is 4.99. The Hall–Kier alpha value is 0.846. The van der Waals surface area contributed by atoms with Crippen LogP contribution in [-0.2, 0) is 9.53 Å². The summed E-state index contributed by atoms with van der Waals surface area (Å²) >= 11 is 0. The van der Waals surface area contributed by atoms with E-state index in [0.717, 1.165) is 6.08 Å². The van der Waals surface area contributed by atoms with Crippen molar-refractivity contribution in [2.45, 2.75) is 0 Å². The average molecular weight is 125 g/mol. The summed E-state index contributed by atoms with van der Waals surface area (Å²) in [6, 6.07) is 0. The van der Waals surface area contributed by atoms with Crippen molar-refractivity contribution in [3.63, 3.8) is 0 Å². The minimum atomic E-state index is -0.394. The standard InChI is InChI=1S/C4H6O2.K/c1-3-4(5)6-2;/h3H,1H2,2H3;. The van der Waals surface area contributed by atoms with Crippen molar-refractivity contribution in [1.82, 2.24) is 0 Å². The number of esters is 1. The van der Waals surface area contributed by atoms with E-state index in [2.05, 4.69) is 11.3 Å². The fraction of sp³-hybridized carbons (Fsp3) is 0.250. The van der Waals surface area contributed by atoms with Crippen LogP contribution in [0.2, 0.25) is 0 Å². The molecule has 7 heavy (non-hydrogen) atoms. The van der Waals surface area contributed by atoms with Crippen LogP contribution in [0, 0.1) is 0 Å². The van der Waals surface area contributed by atoms with Gasteiger partial charge in [-0.2, -0.15) is 0 Å². The molecule has 0 saturated heterocycles. The van der Waals surface area contributed by atoms with Crippen molar-refractivity contribution >= 4 is 57.4 Å². The molecule has 2 nitrogen and oxygen atoms in total. The number of rotatable bonds is 1.